The maximum absolute atomic E-state index is 5.75. The van der Waals surface area contributed by atoms with Crippen molar-refractivity contribution in [2.24, 2.45) is 5.73 Å². The van der Waals surface area contributed by atoms with Crippen LogP contribution in [0.1, 0.15) is 0 Å². The van der Waals surface area contributed by atoms with Gasteiger partial charge in [-0.25, -0.2) is 0 Å². The molecule has 0 aliphatic carbocycles. The third kappa shape index (κ3) is 2.39. The van der Waals surface area contributed by atoms with Crippen LogP contribution in [-0.2, 0) is 4.74 Å². The van der Waals surface area contributed by atoms with Gasteiger partial charge >= 0.3 is 0 Å². The van der Waals surface area contributed by atoms with Crippen LogP contribution >= 0.6 is 0 Å². The molecule has 0 aromatic rings. The van der Waals surface area contributed by atoms with Crippen LogP contribution in [0.25, 0.3) is 0 Å². The number of allylic oxidation sites excluding steroid dienone is 3. The first-order valence-corrected chi connectivity index (χ1v) is 7.98. The van der Waals surface area contributed by atoms with Gasteiger partial charge in [0.05, 0.1) is 18.8 Å². The summed E-state index contributed by atoms with van der Waals surface area (Å²) >= 11 is 0. The van der Waals surface area contributed by atoms with Crippen LogP contribution in [0.2, 0.25) is 0 Å². The van der Waals surface area contributed by atoms with Gasteiger partial charge in [0.2, 0.25) is 0 Å². The zero-order chi connectivity index (χ0) is 14.2. The van der Waals surface area contributed by atoms with Crippen LogP contribution in [0, 0.1) is 0 Å². The van der Waals surface area contributed by atoms with Crippen molar-refractivity contribution in [2.75, 3.05) is 52.4 Å². The molecule has 4 heterocycles. The zero-order valence-electron chi connectivity index (χ0n) is 12.4. The number of hydrogen-bond donors (Lipinski definition) is 1. The van der Waals surface area contributed by atoms with Gasteiger partial charge in [-0.3, -0.25) is 4.90 Å². The third-order valence-corrected chi connectivity index (χ3v) is 4.88. The third-order valence-electron chi connectivity index (χ3n) is 4.88. The molecule has 5 nitrogen and oxygen atoms in total. The number of morpholine rings is 1. The van der Waals surface area contributed by atoms with E-state index < -0.39 is 0 Å². The zero-order valence-corrected chi connectivity index (χ0v) is 12.4. The molecule has 2 N–H and O–H groups in total. The summed E-state index contributed by atoms with van der Waals surface area (Å²) in [5, 5.41) is 0. The molecule has 4 rings (SSSR count). The van der Waals surface area contributed by atoms with Gasteiger partial charge in [0.25, 0.3) is 0 Å². The summed E-state index contributed by atoms with van der Waals surface area (Å²) in [5.74, 6) is 1.44. The van der Waals surface area contributed by atoms with Gasteiger partial charge in [-0.15, -0.1) is 0 Å². The molecule has 0 saturated carbocycles. The summed E-state index contributed by atoms with van der Waals surface area (Å²) < 4.78 is 5.68. The van der Waals surface area contributed by atoms with Crippen LogP contribution in [0.15, 0.2) is 35.7 Å². The summed E-state index contributed by atoms with van der Waals surface area (Å²) in [7, 11) is 0. The summed E-state index contributed by atoms with van der Waals surface area (Å²) in [6.45, 7) is 7.78. The maximum Gasteiger partial charge on any atom is 0.112 e. The lowest BCUT2D eigenvalue weighted by atomic mass is 10.1. The Morgan fingerprint density at radius 2 is 2.05 bits per heavy atom. The van der Waals surface area contributed by atoms with Crippen LogP contribution in [-0.4, -0.2) is 79.3 Å². The molecule has 21 heavy (non-hydrogen) atoms. The van der Waals surface area contributed by atoms with Crippen molar-refractivity contribution in [1.82, 2.24) is 14.7 Å². The molecule has 0 aromatic carbocycles. The second kappa shape index (κ2) is 5.48. The molecule has 0 bridgehead atoms. The quantitative estimate of drug-likeness (QED) is 0.791. The van der Waals surface area contributed by atoms with E-state index in [1.807, 2.05) is 0 Å². The molecule has 2 atom stereocenters. The predicted octanol–water partition coefficient (Wildman–Crippen LogP) is -0.0167. The van der Waals surface area contributed by atoms with E-state index in [1.165, 1.54) is 11.4 Å². The fourth-order valence-electron chi connectivity index (χ4n) is 3.89. The van der Waals surface area contributed by atoms with Crippen LogP contribution in [0.4, 0.5) is 0 Å². The van der Waals surface area contributed by atoms with Gasteiger partial charge in [0, 0.05) is 51.4 Å². The van der Waals surface area contributed by atoms with Crippen molar-refractivity contribution in [3.63, 3.8) is 0 Å². The Labute approximate surface area is 126 Å². The van der Waals surface area contributed by atoms with Gasteiger partial charge in [-0.05, 0) is 0 Å². The Bertz CT molecular complexity index is 495. The van der Waals surface area contributed by atoms with Gasteiger partial charge in [0.1, 0.15) is 5.82 Å². The van der Waals surface area contributed by atoms with Gasteiger partial charge in [-0.2, -0.15) is 0 Å². The van der Waals surface area contributed by atoms with Gasteiger partial charge < -0.3 is 20.3 Å². The van der Waals surface area contributed by atoms with Crippen molar-refractivity contribution in [2.45, 2.75) is 12.1 Å². The second-order valence-corrected chi connectivity index (χ2v) is 6.28. The van der Waals surface area contributed by atoms with E-state index in [1.54, 1.807) is 0 Å². The molecular weight excluding hydrogens is 264 g/mol. The minimum atomic E-state index is 0.209. The molecular formula is C16H24N4O. The van der Waals surface area contributed by atoms with E-state index >= 15 is 0 Å². The first-order valence-electron chi connectivity index (χ1n) is 7.98. The average Bonchev–Trinajstić information content (AvgIpc) is 2.88. The van der Waals surface area contributed by atoms with Crippen LogP contribution in [0.3, 0.4) is 0 Å². The highest BCUT2D eigenvalue weighted by Gasteiger charge is 2.37. The van der Waals surface area contributed by atoms with Crippen LogP contribution < -0.4 is 5.73 Å². The molecule has 2 fully saturated rings. The van der Waals surface area contributed by atoms with Crippen molar-refractivity contribution in [3.8, 4) is 0 Å². The Morgan fingerprint density at radius 3 is 2.90 bits per heavy atom. The summed E-state index contributed by atoms with van der Waals surface area (Å²) in [6, 6.07) is 0.580. The monoisotopic (exact) mass is 288 g/mol. The Balaban J connectivity index is 1.47. The van der Waals surface area contributed by atoms with E-state index in [-0.39, 0.29) is 6.10 Å². The topological polar surface area (TPSA) is 45.0 Å². The molecule has 114 valence electrons. The average molecular weight is 288 g/mol. The van der Waals surface area contributed by atoms with Crippen molar-refractivity contribution >= 4 is 0 Å². The van der Waals surface area contributed by atoms with Crippen molar-refractivity contribution in [3.05, 3.63) is 35.7 Å². The van der Waals surface area contributed by atoms with Gasteiger partial charge in [0.15, 0.2) is 0 Å². The number of ether oxygens (including phenoxy) is 1. The smallest absolute Gasteiger partial charge is 0.112 e. The van der Waals surface area contributed by atoms with E-state index in [0.717, 1.165) is 45.9 Å². The highest BCUT2D eigenvalue weighted by molar-refractivity contribution is 5.42. The lowest BCUT2D eigenvalue weighted by molar-refractivity contribution is -0.0280. The van der Waals surface area contributed by atoms with E-state index in [2.05, 4.69) is 39.0 Å². The number of rotatable bonds is 3. The molecule has 2 saturated heterocycles. The minimum absolute atomic E-state index is 0.209. The maximum atomic E-state index is 5.75. The normalized spacial score (nSPS) is 32.0. The molecule has 0 unspecified atom stereocenters. The molecule has 0 spiro atoms. The summed E-state index contributed by atoms with van der Waals surface area (Å²) in [6.07, 6.45) is 9.29. The standard InChI is InChI=1S/C16H24N4O/c17-9-15-12-18(7-8-21-15)10-14-11-19-5-1-3-13-4-2-6-20(14)16(13)19/h1-4,14-15H,5-12,17H2/t14-,15+/m1/s1. The number of nitrogens with zero attached hydrogens (tertiary/aromatic N) is 3. The molecule has 0 aromatic heterocycles. The minimum Gasteiger partial charge on any atom is -0.374 e. The predicted molar refractivity (Wildman–Crippen MR) is 82.6 cm³/mol. The van der Waals surface area contributed by atoms with E-state index in [0.29, 0.717) is 12.6 Å². The Hall–Kier alpha value is -1.30. The number of hydrogen-bond acceptors (Lipinski definition) is 5. The van der Waals surface area contributed by atoms with Crippen molar-refractivity contribution < 1.29 is 4.74 Å². The van der Waals surface area contributed by atoms with Crippen LogP contribution in [0.5, 0.6) is 0 Å². The fraction of sp³-hybridized carbons (Fsp3) is 0.625. The molecule has 5 heteroatoms. The lowest BCUT2D eigenvalue weighted by Crippen LogP contribution is -2.50. The number of nitrogens with two attached hydrogens (primary N) is 1. The second-order valence-electron chi connectivity index (χ2n) is 6.28. The first-order chi connectivity index (χ1) is 10.3. The Kier molecular flexibility index (Phi) is 3.49. The molecule has 0 amide bonds. The SMILES string of the molecule is NC[C@H]1CN(C[C@@H]2CN3CC=CC4=C3N2CC=C4)CCO1. The van der Waals surface area contributed by atoms with E-state index in [4.69, 9.17) is 10.5 Å². The fourth-order valence-corrected chi connectivity index (χ4v) is 3.89. The van der Waals surface area contributed by atoms with Gasteiger partial charge in [-0.1, -0.05) is 24.3 Å². The highest BCUT2D eigenvalue weighted by atomic mass is 16.5. The summed E-state index contributed by atoms with van der Waals surface area (Å²) in [5.41, 5.74) is 7.13. The molecule has 4 aliphatic rings. The highest BCUT2D eigenvalue weighted by Crippen LogP contribution is 2.33. The first kappa shape index (κ1) is 13.4. The van der Waals surface area contributed by atoms with Crippen molar-refractivity contribution in [1.29, 1.82) is 0 Å². The van der Waals surface area contributed by atoms with E-state index in [9.17, 15) is 0 Å². The largest absolute Gasteiger partial charge is 0.374 e. The summed E-state index contributed by atoms with van der Waals surface area (Å²) in [4.78, 5) is 7.62. The molecule has 4 aliphatic heterocycles. The lowest BCUT2D eigenvalue weighted by Gasteiger charge is -2.36. The Morgan fingerprint density at radius 1 is 1.19 bits per heavy atom. The molecule has 0 radical (unpaired) electrons.